The van der Waals surface area contributed by atoms with Crippen LogP contribution in [0.3, 0.4) is 0 Å². The van der Waals surface area contributed by atoms with E-state index in [1.165, 1.54) is 5.56 Å². The van der Waals surface area contributed by atoms with Crippen molar-refractivity contribution in [3.8, 4) is 0 Å². The Balaban J connectivity index is 2.23. The molecule has 1 fully saturated rings. The fourth-order valence-corrected chi connectivity index (χ4v) is 2.38. The first-order chi connectivity index (χ1) is 9.59. The molecule has 0 aliphatic carbocycles. The highest BCUT2D eigenvalue weighted by Crippen LogP contribution is 2.24. The molecular formula is C15H23N3O2. The Morgan fingerprint density at radius 2 is 2.25 bits per heavy atom. The molecule has 1 saturated heterocycles. The third-order valence-electron chi connectivity index (χ3n) is 3.46. The highest BCUT2D eigenvalue weighted by atomic mass is 16.5. The molecule has 2 rings (SSSR count). The van der Waals surface area contributed by atoms with Gasteiger partial charge in [-0.2, -0.15) is 0 Å². The Hall–Kier alpha value is -1.59. The number of rotatable bonds is 5. The van der Waals surface area contributed by atoms with E-state index in [4.69, 9.17) is 10.5 Å². The van der Waals surface area contributed by atoms with Gasteiger partial charge in [-0.3, -0.25) is 4.79 Å². The van der Waals surface area contributed by atoms with Crippen molar-refractivity contribution in [1.29, 1.82) is 0 Å². The van der Waals surface area contributed by atoms with E-state index in [9.17, 15) is 4.79 Å². The van der Waals surface area contributed by atoms with Crippen molar-refractivity contribution in [3.05, 3.63) is 29.8 Å². The number of amides is 1. The van der Waals surface area contributed by atoms with E-state index in [2.05, 4.69) is 30.1 Å². The van der Waals surface area contributed by atoms with Crippen molar-refractivity contribution in [2.24, 2.45) is 5.73 Å². The van der Waals surface area contributed by atoms with Crippen LogP contribution in [0, 0.1) is 0 Å². The summed E-state index contributed by atoms with van der Waals surface area (Å²) in [6.07, 6.45) is 0. The smallest absolute Gasteiger partial charge is 0.242 e. The minimum absolute atomic E-state index is 0.337. The number of hydrogen-bond acceptors (Lipinski definition) is 4. The molecule has 20 heavy (non-hydrogen) atoms. The first-order valence-electron chi connectivity index (χ1n) is 7.04. The highest BCUT2D eigenvalue weighted by molar-refractivity contribution is 5.84. The number of anilines is 1. The Kier molecular flexibility index (Phi) is 4.98. The molecule has 110 valence electrons. The molecule has 1 amide bonds. The van der Waals surface area contributed by atoms with Gasteiger partial charge in [0.25, 0.3) is 0 Å². The molecule has 5 heteroatoms. The topological polar surface area (TPSA) is 67.6 Å². The Morgan fingerprint density at radius 1 is 1.50 bits per heavy atom. The van der Waals surface area contributed by atoms with E-state index >= 15 is 0 Å². The van der Waals surface area contributed by atoms with Crippen LogP contribution in [0.1, 0.15) is 19.4 Å². The number of carbonyl (C=O) groups excluding carboxylic acids is 1. The molecule has 5 nitrogen and oxygen atoms in total. The van der Waals surface area contributed by atoms with Gasteiger partial charge in [0, 0.05) is 24.8 Å². The lowest BCUT2D eigenvalue weighted by molar-refractivity contribution is -0.121. The molecule has 1 aromatic rings. The summed E-state index contributed by atoms with van der Waals surface area (Å²) in [7, 11) is 0. The van der Waals surface area contributed by atoms with Crippen molar-refractivity contribution in [2.75, 3.05) is 24.7 Å². The zero-order valence-corrected chi connectivity index (χ0v) is 12.1. The second-order valence-corrected chi connectivity index (χ2v) is 5.35. The summed E-state index contributed by atoms with van der Waals surface area (Å²) in [5.74, 6) is -0.337. The number of nitrogens with zero attached hydrogens (tertiary/aromatic N) is 1. The number of nitrogens with one attached hydrogen (secondary N) is 1. The van der Waals surface area contributed by atoms with Gasteiger partial charge in [0.15, 0.2) is 0 Å². The molecule has 1 heterocycles. The van der Waals surface area contributed by atoms with Crippen LogP contribution in [0.5, 0.6) is 0 Å². The number of nitrogens with two attached hydrogens (primary N) is 1. The predicted molar refractivity (Wildman–Crippen MR) is 79.6 cm³/mol. The van der Waals surface area contributed by atoms with Crippen molar-refractivity contribution < 1.29 is 9.53 Å². The van der Waals surface area contributed by atoms with Gasteiger partial charge in [0.2, 0.25) is 5.91 Å². The van der Waals surface area contributed by atoms with Crippen LogP contribution in [0.2, 0.25) is 0 Å². The predicted octanol–water partition coefficient (Wildman–Crippen LogP) is 0.875. The van der Waals surface area contributed by atoms with Crippen molar-refractivity contribution in [3.63, 3.8) is 0 Å². The second-order valence-electron chi connectivity index (χ2n) is 5.35. The lowest BCUT2D eigenvalue weighted by Crippen LogP contribution is -2.53. The van der Waals surface area contributed by atoms with Gasteiger partial charge in [0.1, 0.15) is 6.04 Å². The van der Waals surface area contributed by atoms with Crippen LogP contribution < -0.4 is 16.0 Å². The van der Waals surface area contributed by atoms with E-state index < -0.39 is 0 Å². The molecule has 0 bridgehead atoms. The quantitative estimate of drug-likeness (QED) is 0.838. The average molecular weight is 277 g/mol. The van der Waals surface area contributed by atoms with E-state index in [0.29, 0.717) is 25.8 Å². The van der Waals surface area contributed by atoms with Crippen molar-refractivity contribution >= 4 is 11.6 Å². The van der Waals surface area contributed by atoms with Gasteiger partial charge in [-0.1, -0.05) is 32.0 Å². The normalized spacial score (nSPS) is 19.4. The molecular weight excluding hydrogens is 254 g/mol. The Bertz CT molecular complexity index is 462. The maximum atomic E-state index is 11.6. The van der Waals surface area contributed by atoms with Gasteiger partial charge in [-0.05, 0) is 11.6 Å². The summed E-state index contributed by atoms with van der Waals surface area (Å²) in [4.78, 5) is 13.7. The molecule has 0 saturated carbocycles. The molecule has 1 aliphatic heterocycles. The minimum Gasteiger partial charge on any atom is -0.377 e. The van der Waals surface area contributed by atoms with Crippen LogP contribution in [0.4, 0.5) is 5.69 Å². The summed E-state index contributed by atoms with van der Waals surface area (Å²) in [6, 6.07) is 8.16. The van der Waals surface area contributed by atoms with E-state index in [1.54, 1.807) is 0 Å². The molecule has 1 unspecified atom stereocenters. The zero-order valence-electron chi connectivity index (χ0n) is 12.1. The summed E-state index contributed by atoms with van der Waals surface area (Å²) in [5, 5.41) is 3.41. The Morgan fingerprint density at radius 3 is 2.95 bits per heavy atom. The lowest BCUT2D eigenvalue weighted by Gasteiger charge is -2.36. The zero-order chi connectivity index (χ0) is 14.5. The van der Waals surface area contributed by atoms with Crippen molar-refractivity contribution in [1.82, 2.24) is 5.32 Å². The average Bonchev–Trinajstić information content (AvgIpc) is 2.45. The first-order valence-corrected chi connectivity index (χ1v) is 7.04. The molecule has 0 spiro atoms. The Labute approximate surface area is 120 Å². The molecule has 1 aliphatic rings. The van der Waals surface area contributed by atoms with Crippen LogP contribution in [-0.4, -0.2) is 37.7 Å². The molecule has 1 atom stereocenters. The van der Waals surface area contributed by atoms with E-state index in [0.717, 1.165) is 12.2 Å². The number of morpholine rings is 1. The first kappa shape index (κ1) is 14.8. The largest absolute Gasteiger partial charge is 0.377 e. The number of primary amides is 1. The van der Waals surface area contributed by atoms with Gasteiger partial charge in [-0.15, -0.1) is 0 Å². The number of benzene rings is 1. The molecule has 0 radical (unpaired) electrons. The summed E-state index contributed by atoms with van der Waals surface area (Å²) in [6.45, 7) is 6.67. The SMILES string of the molecule is CC(C)NCc1ccccc1N1CCOCC1C(N)=O. The third-order valence-corrected chi connectivity index (χ3v) is 3.46. The monoisotopic (exact) mass is 277 g/mol. The standard InChI is InChI=1S/C15H23N3O2/c1-11(2)17-9-12-5-3-4-6-13(12)18-7-8-20-10-14(18)15(16)19/h3-6,11,14,17H,7-10H2,1-2H3,(H2,16,19). The van der Waals surface area contributed by atoms with Gasteiger partial charge < -0.3 is 20.7 Å². The maximum absolute atomic E-state index is 11.6. The minimum atomic E-state index is -0.385. The number of carbonyl (C=O) groups is 1. The van der Waals surface area contributed by atoms with Crippen LogP contribution >= 0.6 is 0 Å². The highest BCUT2D eigenvalue weighted by Gasteiger charge is 2.28. The van der Waals surface area contributed by atoms with Crippen LogP contribution in [0.15, 0.2) is 24.3 Å². The summed E-state index contributed by atoms with van der Waals surface area (Å²) in [5.41, 5.74) is 7.73. The van der Waals surface area contributed by atoms with Gasteiger partial charge in [0.05, 0.1) is 13.2 Å². The van der Waals surface area contributed by atoms with E-state index in [1.807, 2.05) is 18.2 Å². The van der Waals surface area contributed by atoms with Gasteiger partial charge >= 0.3 is 0 Å². The number of ether oxygens (including phenoxy) is 1. The van der Waals surface area contributed by atoms with Crippen LogP contribution in [-0.2, 0) is 16.1 Å². The summed E-state index contributed by atoms with van der Waals surface area (Å²) >= 11 is 0. The van der Waals surface area contributed by atoms with Crippen molar-refractivity contribution in [2.45, 2.75) is 32.5 Å². The summed E-state index contributed by atoms with van der Waals surface area (Å²) < 4.78 is 5.38. The maximum Gasteiger partial charge on any atom is 0.242 e. The fraction of sp³-hybridized carbons (Fsp3) is 0.533. The second kappa shape index (κ2) is 6.72. The molecule has 0 aromatic heterocycles. The van der Waals surface area contributed by atoms with Crippen LogP contribution in [0.25, 0.3) is 0 Å². The number of hydrogen-bond donors (Lipinski definition) is 2. The molecule has 3 N–H and O–H groups in total. The molecule has 1 aromatic carbocycles. The fourth-order valence-electron chi connectivity index (χ4n) is 2.38. The third kappa shape index (κ3) is 3.49. The lowest BCUT2D eigenvalue weighted by atomic mass is 10.1. The number of para-hydroxylation sites is 1. The van der Waals surface area contributed by atoms with Gasteiger partial charge in [-0.25, -0.2) is 0 Å². The van der Waals surface area contributed by atoms with E-state index in [-0.39, 0.29) is 11.9 Å².